The molecule has 5 heteroatoms. The maximum atomic E-state index is 10.8. The smallest absolute Gasteiger partial charge is 0.297 e. The molecule has 0 aliphatic heterocycles. The lowest BCUT2D eigenvalue weighted by Crippen LogP contribution is -1.98. The monoisotopic (exact) mass is 219 g/mol. The molecule has 1 heterocycles. The van der Waals surface area contributed by atoms with E-state index in [0.29, 0.717) is 5.52 Å². The summed E-state index contributed by atoms with van der Waals surface area (Å²) in [7, 11) is 0. The van der Waals surface area contributed by atoms with Crippen LogP contribution in [0.3, 0.4) is 0 Å². The van der Waals surface area contributed by atoms with Crippen molar-refractivity contribution >= 4 is 16.7 Å². The summed E-state index contributed by atoms with van der Waals surface area (Å²) < 4.78 is 2.02. The first-order valence-electron chi connectivity index (χ1n) is 5.25. The third-order valence-electron chi connectivity index (χ3n) is 2.59. The van der Waals surface area contributed by atoms with Crippen molar-refractivity contribution in [2.45, 2.75) is 26.8 Å². The molecule has 16 heavy (non-hydrogen) atoms. The Hall–Kier alpha value is -1.91. The van der Waals surface area contributed by atoms with Crippen molar-refractivity contribution in [1.29, 1.82) is 0 Å². The van der Waals surface area contributed by atoms with E-state index in [-0.39, 0.29) is 10.6 Å². The predicted octanol–water partition coefficient (Wildman–Crippen LogP) is 2.66. The minimum absolute atomic E-state index is 0.0791. The standard InChI is InChI=1S/C11H13N3O2/c1-3-7-13-8(2)12-11-9(13)5-4-6-10(11)14(15)16/h4-6H,3,7H2,1-2H3. The van der Waals surface area contributed by atoms with Crippen LogP contribution in [0.1, 0.15) is 19.2 Å². The lowest BCUT2D eigenvalue weighted by Gasteiger charge is -2.03. The summed E-state index contributed by atoms with van der Waals surface area (Å²) in [6.07, 6.45) is 0.981. The molecule has 0 fully saturated rings. The molecule has 0 N–H and O–H groups in total. The van der Waals surface area contributed by atoms with Gasteiger partial charge in [0.2, 0.25) is 0 Å². The van der Waals surface area contributed by atoms with E-state index in [1.165, 1.54) is 6.07 Å². The summed E-state index contributed by atoms with van der Waals surface area (Å²) in [5.74, 6) is 0.825. The van der Waals surface area contributed by atoms with E-state index < -0.39 is 0 Å². The van der Waals surface area contributed by atoms with Crippen LogP contribution in [0.4, 0.5) is 5.69 Å². The van der Waals surface area contributed by atoms with Crippen LogP contribution in [0.15, 0.2) is 18.2 Å². The number of imidazole rings is 1. The number of benzene rings is 1. The fourth-order valence-corrected chi connectivity index (χ4v) is 1.90. The summed E-state index contributed by atoms with van der Waals surface area (Å²) in [6.45, 7) is 4.78. The molecule has 0 saturated carbocycles. The normalized spacial score (nSPS) is 10.9. The second-order valence-corrected chi connectivity index (χ2v) is 3.71. The van der Waals surface area contributed by atoms with Crippen LogP contribution >= 0.6 is 0 Å². The number of hydrogen-bond acceptors (Lipinski definition) is 3. The van der Waals surface area contributed by atoms with E-state index in [0.717, 1.165) is 24.3 Å². The topological polar surface area (TPSA) is 61.0 Å². The summed E-state index contributed by atoms with van der Waals surface area (Å²) >= 11 is 0. The molecule has 0 bridgehead atoms. The molecule has 0 saturated heterocycles. The number of aromatic nitrogens is 2. The molecule has 0 radical (unpaired) electrons. The Morgan fingerprint density at radius 1 is 1.50 bits per heavy atom. The Bertz CT molecular complexity index is 545. The van der Waals surface area contributed by atoms with Gasteiger partial charge in [-0.2, -0.15) is 0 Å². The van der Waals surface area contributed by atoms with E-state index in [9.17, 15) is 10.1 Å². The third-order valence-corrected chi connectivity index (χ3v) is 2.59. The molecule has 1 aromatic heterocycles. The summed E-state index contributed by atoms with van der Waals surface area (Å²) in [5, 5.41) is 10.8. The van der Waals surface area contributed by atoms with E-state index in [4.69, 9.17) is 0 Å². The molecular weight excluding hydrogens is 206 g/mol. The van der Waals surface area contributed by atoms with E-state index in [2.05, 4.69) is 11.9 Å². The van der Waals surface area contributed by atoms with Gasteiger partial charge in [0.15, 0.2) is 5.52 Å². The first kappa shape index (κ1) is 10.6. The first-order chi connectivity index (χ1) is 7.65. The molecule has 0 aliphatic carbocycles. The lowest BCUT2D eigenvalue weighted by atomic mass is 10.2. The molecule has 0 spiro atoms. The van der Waals surface area contributed by atoms with Crippen molar-refractivity contribution in [3.05, 3.63) is 34.1 Å². The first-order valence-corrected chi connectivity index (χ1v) is 5.25. The molecule has 0 amide bonds. The molecule has 2 aromatic rings. The molecule has 5 nitrogen and oxygen atoms in total. The van der Waals surface area contributed by atoms with Crippen molar-refractivity contribution < 1.29 is 4.92 Å². The van der Waals surface area contributed by atoms with Crippen molar-refractivity contribution in [2.75, 3.05) is 0 Å². The van der Waals surface area contributed by atoms with E-state index in [1.54, 1.807) is 6.07 Å². The Labute approximate surface area is 92.9 Å². The van der Waals surface area contributed by atoms with Crippen LogP contribution in [-0.2, 0) is 6.54 Å². The van der Waals surface area contributed by atoms with Crippen LogP contribution in [0.2, 0.25) is 0 Å². The number of nitro groups is 1. The molecule has 1 aromatic carbocycles. The number of nitro benzene ring substituents is 1. The number of nitrogens with zero attached hydrogens (tertiary/aromatic N) is 3. The SMILES string of the molecule is CCCn1c(C)nc2c([N+](=O)[O-])cccc21. The van der Waals surface area contributed by atoms with Gasteiger partial charge in [-0.1, -0.05) is 13.0 Å². The van der Waals surface area contributed by atoms with Gasteiger partial charge in [-0.25, -0.2) is 4.98 Å². The second-order valence-electron chi connectivity index (χ2n) is 3.71. The Kier molecular flexibility index (Phi) is 2.60. The quantitative estimate of drug-likeness (QED) is 0.589. The fourth-order valence-electron chi connectivity index (χ4n) is 1.90. The highest BCUT2D eigenvalue weighted by Gasteiger charge is 2.16. The highest BCUT2D eigenvalue weighted by Crippen LogP contribution is 2.25. The van der Waals surface area contributed by atoms with Gasteiger partial charge in [-0.3, -0.25) is 10.1 Å². The fraction of sp³-hybridized carbons (Fsp3) is 0.364. The van der Waals surface area contributed by atoms with Gasteiger partial charge in [-0.05, 0) is 19.4 Å². The van der Waals surface area contributed by atoms with Crippen molar-refractivity contribution in [2.24, 2.45) is 0 Å². The molecule has 2 rings (SSSR count). The zero-order valence-electron chi connectivity index (χ0n) is 9.30. The van der Waals surface area contributed by atoms with Crippen LogP contribution in [0, 0.1) is 17.0 Å². The number of aryl methyl sites for hydroxylation is 2. The molecule has 0 unspecified atom stereocenters. The van der Waals surface area contributed by atoms with Crippen LogP contribution < -0.4 is 0 Å². The third kappa shape index (κ3) is 1.54. The number of hydrogen-bond donors (Lipinski definition) is 0. The van der Waals surface area contributed by atoms with Crippen molar-refractivity contribution in [3.8, 4) is 0 Å². The van der Waals surface area contributed by atoms with E-state index >= 15 is 0 Å². The zero-order chi connectivity index (χ0) is 11.7. The van der Waals surface area contributed by atoms with Crippen molar-refractivity contribution in [3.63, 3.8) is 0 Å². The average Bonchev–Trinajstić information content (AvgIpc) is 2.56. The Morgan fingerprint density at radius 2 is 2.25 bits per heavy atom. The summed E-state index contributed by atoms with van der Waals surface area (Å²) in [4.78, 5) is 14.7. The van der Waals surface area contributed by atoms with Gasteiger partial charge < -0.3 is 4.57 Å². The number of rotatable bonds is 3. The van der Waals surface area contributed by atoms with Crippen molar-refractivity contribution in [1.82, 2.24) is 9.55 Å². The summed E-state index contributed by atoms with van der Waals surface area (Å²) in [6, 6.07) is 5.07. The minimum Gasteiger partial charge on any atom is -0.328 e. The van der Waals surface area contributed by atoms with Gasteiger partial charge in [0, 0.05) is 12.6 Å². The van der Waals surface area contributed by atoms with Gasteiger partial charge >= 0.3 is 0 Å². The molecular formula is C11H13N3O2. The molecule has 84 valence electrons. The maximum absolute atomic E-state index is 10.8. The van der Waals surface area contributed by atoms with Gasteiger partial charge in [0.1, 0.15) is 5.82 Å². The molecule has 0 atom stereocenters. The van der Waals surface area contributed by atoms with Gasteiger partial charge in [0.05, 0.1) is 10.4 Å². The second kappa shape index (κ2) is 3.92. The van der Waals surface area contributed by atoms with Crippen LogP contribution in [0.5, 0.6) is 0 Å². The predicted molar refractivity (Wildman–Crippen MR) is 61.4 cm³/mol. The average molecular weight is 219 g/mol. The maximum Gasteiger partial charge on any atom is 0.297 e. The number of non-ortho nitro benzene ring substituents is 1. The lowest BCUT2D eigenvalue weighted by molar-refractivity contribution is -0.383. The number of para-hydroxylation sites is 1. The minimum atomic E-state index is -0.384. The highest BCUT2D eigenvalue weighted by molar-refractivity contribution is 5.85. The summed E-state index contributed by atoms with van der Waals surface area (Å²) in [5.41, 5.74) is 1.41. The Morgan fingerprint density at radius 3 is 2.88 bits per heavy atom. The van der Waals surface area contributed by atoms with Gasteiger partial charge in [-0.15, -0.1) is 0 Å². The van der Waals surface area contributed by atoms with Crippen LogP contribution in [-0.4, -0.2) is 14.5 Å². The zero-order valence-corrected chi connectivity index (χ0v) is 9.30. The van der Waals surface area contributed by atoms with Gasteiger partial charge in [0.25, 0.3) is 5.69 Å². The van der Waals surface area contributed by atoms with Crippen LogP contribution in [0.25, 0.3) is 11.0 Å². The molecule has 0 aliphatic rings. The highest BCUT2D eigenvalue weighted by atomic mass is 16.6. The Balaban J connectivity index is 2.72. The number of fused-ring (bicyclic) bond motifs is 1. The largest absolute Gasteiger partial charge is 0.328 e. The van der Waals surface area contributed by atoms with E-state index in [1.807, 2.05) is 17.6 Å².